The number of nitrogens with one attached hydrogen (secondary N) is 1. The summed E-state index contributed by atoms with van der Waals surface area (Å²) in [5.41, 5.74) is 2.19. The van der Waals surface area contributed by atoms with Crippen LogP contribution in [0.3, 0.4) is 0 Å². The maximum atomic E-state index is 12.6. The Morgan fingerprint density at radius 2 is 2.00 bits per heavy atom. The molecular formula is C22H19N3O5S2. The lowest BCUT2D eigenvalue weighted by Crippen LogP contribution is -2.37. The standard InChI is InChI=1S/C22H19N3O5S2/c1-29-15-8-6-14(7-9-15)12-18-20(27)25(22(28)32-18)11-10-23-19(26)13-31-21-24-16-4-2-3-5-17(16)30-21/h2-9,12H,10-11,13H2,1H3,(H,23,26)/b18-12-. The maximum absolute atomic E-state index is 12.6. The number of carbonyl (C=O) groups excluding carboxylic acids is 3. The minimum Gasteiger partial charge on any atom is -0.497 e. The third-order valence-electron chi connectivity index (χ3n) is 4.55. The molecule has 1 aliphatic rings. The van der Waals surface area contributed by atoms with Gasteiger partial charge in [0.25, 0.3) is 16.4 Å². The molecule has 1 aromatic heterocycles. The van der Waals surface area contributed by atoms with E-state index >= 15 is 0 Å². The van der Waals surface area contributed by atoms with Gasteiger partial charge in [0.1, 0.15) is 11.3 Å². The number of hydrogen-bond donors (Lipinski definition) is 1. The predicted octanol–water partition coefficient (Wildman–Crippen LogP) is 3.78. The Hall–Kier alpha value is -3.24. The van der Waals surface area contributed by atoms with E-state index in [-0.39, 0.29) is 35.9 Å². The number of amides is 3. The highest BCUT2D eigenvalue weighted by Crippen LogP contribution is 2.32. The molecule has 4 rings (SSSR count). The Morgan fingerprint density at radius 1 is 1.22 bits per heavy atom. The largest absolute Gasteiger partial charge is 0.497 e. The Kier molecular flexibility index (Phi) is 6.81. The highest BCUT2D eigenvalue weighted by Gasteiger charge is 2.34. The molecule has 1 aliphatic heterocycles. The SMILES string of the molecule is COc1ccc(/C=C2\SC(=O)N(CCNC(=O)CSc3nc4ccccc4o3)C2=O)cc1. The third-order valence-corrected chi connectivity index (χ3v) is 6.28. The summed E-state index contributed by atoms with van der Waals surface area (Å²) in [7, 11) is 1.58. The van der Waals surface area contributed by atoms with Crippen LogP contribution in [0.15, 0.2) is 63.1 Å². The molecule has 0 bridgehead atoms. The predicted molar refractivity (Wildman–Crippen MR) is 123 cm³/mol. The van der Waals surface area contributed by atoms with Gasteiger partial charge in [-0.05, 0) is 47.7 Å². The molecule has 3 aromatic rings. The van der Waals surface area contributed by atoms with Crippen LogP contribution in [0.5, 0.6) is 5.75 Å². The molecular weight excluding hydrogens is 450 g/mol. The number of imide groups is 1. The van der Waals surface area contributed by atoms with Gasteiger partial charge in [-0.1, -0.05) is 36.0 Å². The number of thioether (sulfide) groups is 2. The van der Waals surface area contributed by atoms with Gasteiger partial charge in [0.2, 0.25) is 5.91 Å². The third kappa shape index (κ3) is 5.14. The zero-order valence-electron chi connectivity index (χ0n) is 17.1. The van der Waals surface area contributed by atoms with Crippen LogP contribution in [-0.2, 0) is 9.59 Å². The van der Waals surface area contributed by atoms with Gasteiger partial charge in [-0.3, -0.25) is 19.3 Å². The molecule has 8 nitrogen and oxygen atoms in total. The molecule has 0 aliphatic carbocycles. The molecule has 10 heteroatoms. The first kappa shape index (κ1) is 22.0. The number of aromatic nitrogens is 1. The van der Waals surface area contributed by atoms with Crippen LogP contribution in [0.1, 0.15) is 5.56 Å². The van der Waals surface area contributed by atoms with Crippen LogP contribution in [-0.4, -0.2) is 52.9 Å². The second-order valence-electron chi connectivity index (χ2n) is 6.69. The van der Waals surface area contributed by atoms with Gasteiger partial charge in [0.05, 0.1) is 17.8 Å². The normalized spacial score (nSPS) is 15.0. The second-order valence-corrected chi connectivity index (χ2v) is 8.61. The van der Waals surface area contributed by atoms with Crippen LogP contribution >= 0.6 is 23.5 Å². The van der Waals surface area contributed by atoms with E-state index in [1.54, 1.807) is 25.3 Å². The van der Waals surface area contributed by atoms with Crippen molar-refractivity contribution >= 4 is 57.8 Å². The van der Waals surface area contributed by atoms with Gasteiger partial charge in [-0.25, -0.2) is 4.98 Å². The van der Waals surface area contributed by atoms with Crippen molar-refractivity contribution < 1.29 is 23.5 Å². The monoisotopic (exact) mass is 469 g/mol. The quantitative estimate of drug-likeness (QED) is 0.393. The molecule has 0 spiro atoms. The van der Waals surface area contributed by atoms with E-state index in [9.17, 15) is 14.4 Å². The summed E-state index contributed by atoms with van der Waals surface area (Å²) in [5, 5.41) is 2.77. The van der Waals surface area contributed by atoms with Crippen LogP contribution in [0, 0.1) is 0 Å². The van der Waals surface area contributed by atoms with Crippen molar-refractivity contribution in [2.75, 3.05) is 26.0 Å². The molecule has 3 amide bonds. The maximum Gasteiger partial charge on any atom is 0.293 e. The average molecular weight is 470 g/mol. The van der Waals surface area contributed by atoms with Gasteiger partial charge in [0, 0.05) is 13.1 Å². The van der Waals surface area contributed by atoms with Crippen molar-refractivity contribution in [3.63, 3.8) is 0 Å². The van der Waals surface area contributed by atoms with Crippen molar-refractivity contribution in [3.8, 4) is 5.75 Å². The topological polar surface area (TPSA) is 102 Å². The van der Waals surface area contributed by atoms with Crippen molar-refractivity contribution in [2.24, 2.45) is 0 Å². The van der Waals surface area contributed by atoms with E-state index in [1.165, 1.54) is 11.8 Å². The number of benzene rings is 2. The first-order valence-electron chi connectivity index (χ1n) is 9.68. The first-order chi connectivity index (χ1) is 15.5. The van der Waals surface area contributed by atoms with E-state index in [4.69, 9.17) is 9.15 Å². The average Bonchev–Trinajstić information content (AvgIpc) is 3.34. The number of oxazole rings is 1. The lowest BCUT2D eigenvalue weighted by Gasteiger charge is -2.12. The van der Waals surface area contributed by atoms with Crippen LogP contribution in [0.25, 0.3) is 17.2 Å². The highest BCUT2D eigenvalue weighted by molar-refractivity contribution is 8.18. The Morgan fingerprint density at radius 3 is 2.75 bits per heavy atom. The smallest absolute Gasteiger partial charge is 0.293 e. The van der Waals surface area contributed by atoms with E-state index in [0.29, 0.717) is 21.5 Å². The summed E-state index contributed by atoms with van der Waals surface area (Å²) in [6.45, 7) is 0.269. The van der Waals surface area contributed by atoms with E-state index in [0.717, 1.165) is 27.7 Å². The fourth-order valence-corrected chi connectivity index (χ4v) is 4.48. The summed E-state index contributed by atoms with van der Waals surface area (Å²) in [4.78, 5) is 42.7. The van der Waals surface area contributed by atoms with E-state index in [1.807, 2.05) is 36.4 Å². The number of carbonyl (C=O) groups is 3. The number of nitrogens with zero attached hydrogens (tertiary/aromatic N) is 2. The summed E-state index contributed by atoms with van der Waals surface area (Å²) >= 11 is 2.07. The van der Waals surface area contributed by atoms with Crippen molar-refractivity contribution in [1.82, 2.24) is 15.2 Å². The Bertz CT molecular complexity index is 1160. The molecule has 0 radical (unpaired) electrons. The highest BCUT2D eigenvalue weighted by atomic mass is 32.2. The number of rotatable bonds is 8. The van der Waals surface area contributed by atoms with Crippen LogP contribution in [0.4, 0.5) is 4.79 Å². The lowest BCUT2D eigenvalue weighted by atomic mass is 10.2. The summed E-state index contributed by atoms with van der Waals surface area (Å²) in [6, 6.07) is 14.5. The van der Waals surface area contributed by atoms with Gasteiger partial charge in [0.15, 0.2) is 5.58 Å². The van der Waals surface area contributed by atoms with Crippen molar-refractivity contribution in [3.05, 3.63) is 59.0 Å². The molecule has 1 fully saturated rings. The van der Waals surface area contributed by atoms with Crippen LogP contribution < -0.4 is 10.1 Å². The Labute approximate surface area is 192 Å². The van der Waals surface area contributed by atoms with Gasteiger partial charge in [-0.15, -0.1) is 0 Å². The Balaban J connectivity index is 1.25. The molecule has 1 N–H and O–H groups in total. The summed E-state index contributed by atoms with van der Waals surface area (Å²) in [6.07, 6.45) is 1.67. The fourth-order valence-electron chi connectivity index (χ4n) is 2.94. The first-order valence-corrected chi connectivity index (χ1v) is 11.5. The van der Waals surface area contributed by atoms with E-state index < -0.39 is 0 Å². The molecule has 164 valence electrons. The summed E-state index contributed by atoms with van der Waals surface area (Å²) in [5.74, 6) is 0.218. The fraction of sp³-hybridized carbons (Fsp3) is 0.182. The van der Waals surface area contributed by atoms with Crippen molar-refractivity contribution in [1.29, 1.82) is 0 Å². The second kappa shape index (κ2) is 9.92. The number of para-hydroxylation sites is 2. The zero-order chi connectivity index (χ0) is 22.5. The number of fused-ring (bicyclic) bond motifs is 1. The van der Waals surface area contributed by atoms with Gasteiger partial charge in [-0.2, -0.15) is 0 Å². The molecule has 0 saturated carbocycles. The molecule has 1 saturated heterocycles. The zero-order valence-corrected chi connectivity index (χ0v) is 18.7. The molecule has 2 aromatic carbocycles. The molecule has 0 unspecified atom stereocenters. The number of methoxy groups -OCH3 is 1. The minimum atomic E-state index is -0.370. The van der Waals surface area contributed by atoms with Crippen LogP contribution in [0.2, 0.25) is 0 Å². The summed E-state index contributed by atoms with van der Waals surface area (Å²) < 4.78 is 10.7. The lowest BCUT2D eigenvalue weighted by molar-refractivity contribution is -0.123. The van der Waals surface area contributed by atoms with Gasteiger partial charge < -0.3 is 14.5 Å². The number of hydrogen-bond acceptors (Lipinski definition) is 8. The van der Waals surface area contributed by atoms with Gasteiger partial charge >= 0.3 is 0 Å². The molecule has 0 atom stereocenters. The minimum absolute atomic E-state index is 0.101. The van der Waals surface area contributed by atoms with Crippen molar-refractivity contribution in [2.45, 2.75) is 5.22 Å². The molecule has 32 heavy (non-hydrogen) atoms. The number of ether oxygens (including phenoxy) is 1. The van der Waals surface area contributed by atoms with E-state index in [2.05, 4.69) is 10.3 Å². The molecule has 2 heterocycles.